The van der Waals surface area contributed by atoms with E-state index in [4.69, 9.17) is 9.72 Å². The van der Waals surface area contributed by atoms with E-state index in [1.165, 1.54) is 0 Å². The number of carbonyl (C=O) groups is 1. The van der Waals surface area contributed by atoms with Gasteiger partial charge < -0.3 is 9.64 Å². The zero-order valence-electron chi connectivity index (χ0n) is 19.1. The van der Waals surface area contributed by atoms with Gasteiger partial charge in [-0.05, 0) is 43.4 Å². The summed E-state index contributed by atoms with van der Waals surface area (Å²) in [6, 6.07) is 4.45. The van der Waals surface area contributed by atoms with E-state index in [2.05, 4.69) is 28.8 Å². The number of thiophene rings is 1. The van der Waals surface area contributed by atoms with Gasteiger partial charge in [-0.1, -0.05) is 19.9 Å². The van der Waals surface area contributed by atoms with Crippen molar-refractivity contribution in [2.24, 2.45) is 0 Å². The highest BCUT2D eigenvalue weighted by atomic mass is 32.1. The van der Waals surface area contributed by atoms with E-state index in [9.17, 15) is 4.79 Å². The largest absolute Gasteiger partial charge is 0.378 e. The third kappa shape index (κ3) is 4.32. The Labute approximate surface area is 192 Å². The molecule has 0 bridgehead atoms. The molecule has 1 fully saturated rings. The molecule has 8 nitrogen and oxygen atoms in total. The van der Waals surface area contributed by atoms with Crippen LogP contribution in [0.3, 0.4) is 0 Å². The van der Waals surface area contributed by atoms with E-state index in [-0.39, 0.29) is 12.5 Å². The van der Waals surface area contributed by atoms with Crippen molar-refractivity contribution >= 4 is 17.2 Å². The fourth-order valence-electron chi connectivity index (χ4n) is 4.33. The number of aryl methyl sites for hydroxylation is 1. The molecule has 0 N–H and O–H groups in total. The Balaban J connectivity index is 1.64. The summed E-state index contributed by atoms with van der Waals surface area (Å²) in [5, 5.41) is 6.52. The Kier molecular flexibility index (Phi) is 6.98. The first-order valence-electron chi connectivity index (χ1n) is 11.0. The van der Waals surface area contributed by atoms with Gasteiger partial charge in [0.25, 0.3) is 11.9 Å². The minimum Gasteiger partial charge on any atom is -0.378 e. The Morgan fingerprint density at radius 1 is 1.31 bits per heavy atom. The number of methoxy groups -OCH3 is 1. The van der Waals surface area contributed by atoms with Crippen LogP contribution in [0.1, 0.15) is 41.9 Å². The molecule has 1 amide bonds. The van der Waals surface area contributed by atoms with Crippen LogP contribution in [0.5, 0.6) is 0 Å². The highest BCUT2D eigenvalue weighted by molar-refractivity contribution is 7.13. The van der Waals surface area contributed by atoms with E-state index >= 15 is 0 Å². The highest BCUT2D eigenvalue weighted by Gasteiger charge is 2.32. The number of nitrogens with zero attached hydrogens (tertiary/aromatic N) is 6. The molecule has 3 aromatic rings. The molecule has 32 heavy (non-hydrogen) atoms. The van der Waals surface area contributed by atoms with Gasteiger partial charge in [0.2, 0.25) is 0 Å². The third-order valence-corrected chi connectivity index (χ3v) is 6.94. The van der Waals surface area contributed by atoms with E-state index < -0.39 is 0 Å². The molecule has 4 heterocycles. The van der Waals surface area contributed by atoms with Crippen LogP contribution in [0.25, 0.3) is 16.5 Å². The molecule has 1 aliphatic rings. The zero-order valence-corrected chi connectivity index (χ0v) is 19.9. The monoisotopic (exact) mass is 454 g/mol. The summed E-state index contributed by atoms with van der Waals surface area (Å²) >= 11 is 1.63. The fourth-order valence-corrected chi connectivity index (χ4v) is 5.11. The summed E-state index contributed by atoms with van der Waals surface area (Å²) in [6.45, 7) is 10.1. The number of hydrogen-bond donors (Lipinski definition) is 0. The fraction of sp³-hybridized carbons (Fsp3) is 0.478. The van der Waals surface area contributed by atoms with Crippen molar-refractivity contribution in [2.45, 2.75) is 39.8 Å². The maximum Gasteiger partial charge on any atom is 0.257 e. The quantitative estimate of drug-likeness (QED) is 0.519. The Hall–Kier alpha value is -2.62. The van der Waals surface area contributed by atoms with Gasteiger partial charge in [-0.2, -0.15) is 9.78 Å². The molecule has 1 aliphatic heterocycles. The summed E-state index contributed by atoms with van der Waals surface area (Å²) in [5.74, 6) is 0.427. The average Bonchev–Trinajstić information content (AvgIpc) is 3.56. The van der Waals surface area contributed by atoms with Gasteiger partial charge in [0.15, 0.2) is 0 Å². The lowest BCUT2D eigenvalue weighted by Gasteiger charge is -2.26. The summed E-state index contributed by atoms with van der Waals surface area (Å²) in [7, 11) is 1.62. The van der Waals surface area contributed by atoms with Crippen molar-refractivity contribution in [1.82, 2.24) is 29.5 Å². The van der Waals surface area contributed by atoms with Crippen molar-refractivity contribution in [3.8, 4) is 16.5 Å². The second-order valence-corrected chi connectivity index (χ2v) is 8.89. The molecule has 0 spiro atoms. The smallest absolute Gasteiger partial charge is 0.257 e. The lowest BCUT2D eigenvalue weighted by atomic mass is 10.2. The van der Waals surface area contributed by atoms with Gasteiger partial charge in [-0.15, -0.1) is 11.3 Å². The van der Waals surface area contributed by atoms with E-state index in [1.807, 2.05) is 29.3 Å². The van der Waals surface area contributed by atoms with Crippen LogP contribution in [0.15, 0.2) is 29.9 Å². The molecule has 170 valence electrons. The molecule has 0 saturated carbocycles. The normalized spacial score (nSPS) is 16.3. The Bertz CT molecular complexity index is 1060. The molecule has 1 atom stereocenters. The van der Waals surface area contributed by atoms with Gasteiger partial charge in [-0.25, -0.2) is 9.97 Å². The molecule has 0 radical (unpaired) electrons. The summed E-state index contributed by atoms with van der Waals surface area (Å²) in [5.41, 5.74) is 3.09. The second-order valence-electron chi connectivity index (χ2n) is 7.94. The number of hydrogen-bond acceptors (Lipinski definition) is 7. The van der Waals surface area contributed by atoms with Crippen molar-refractivity contribution in [1.29, 1.82) is 0 Å². The molecule has 0 aliphatic carbocycles. The molecule has 1 unspecified atom stereocenters. The van der Waals surface area contributed by atoms with Crippen LogP contribution < -0.4 is 0 Å². The number of amides is 1. The first-order chi connectivity index (χ1) is 15.6. The maximum absolute atomic E-state index is 13.4. The summed E-state index contributed by atoms with van der Waals surface area (Å²) < 4.78 is 7.06. The number of rotatable bonds is 8. The summed E-state index contributed by atoms with van der Waals surface area (Å²) in [4.78, 5) is 28.1. The molecule has 0 aromatic carbocycles. The van der Waals surface area contributed by atoms with Gasteiger partial charge >= 0.3 is 0 Å². The van der Waals surface area contributed by atoms with E-state index in [0.29, 0.717) is 23.2 Å². The van der Waals surface area contributed by atoms with Crippen molar-refractivity contribution in [3.63, 3.8) is 0 Å². The van der Waals surface area contributed by atoms with Crippen LogP contribution in [0.4, 0.5) is 0 Å². The van der Waals surface area contributed by atoms with Gasteiger partial charge in [0.05, 0.1) is 34.6 Å². The number of carbonyl (C=O) groups excluding carboxylic acids is 1. The number of aromatic nitrogens is 4. The van der Waals surface area contributed by atoms with Crippen LogP contribution in [-0.4, -0.2) is 74.8 Å². The van der Waals surface area contributed by atoms with Crippen LogP contribution in [0, 0.1) is 6.92 Å². The van der Waals surface area contributed by atoms with Crippen molar-refractivity contribution < 1.29 is 9.53 Å². The van der Waals surface area contributed by atoms with E-state index in [1.54, 1.807) is 35.5 Å². The van der Waals surface area contributed by atoms with Crippen LogP contribution in [-0.2, 0) is 11.3 Å². The zero-order chi connectivity index (χ0) is 22.7. The standard InChI is InChI=1S/C23H30N6O2S/c1-5-27(6-2)17-9-10-28(14-17)22(30)18-13-25-29(19(18)15-31-4)23-24-12-16(3)21(26-23)20-8-7-11-32-20/h7-8,11-13,17H,5-6,9-10,14-15H2,1-4H3. The van der Waals surface area contributed by atoms with E-state index in [0.717, 1.165) is 48.7 Å². The predicted octanol–water partition coefficient (Wildman–Crippen LogP) is 3.40. The summed E-state index contributed by atoms with van der Waals surface area (Å²) in [6.07, 6.45) is 4.41. The van der Waals surface area contributed by atoms with Gasteiger partial charge in [0, 0.05) is 32.4 Å². The van der Waals surface area contributed by atoms with Gasteiger partial charge in [0.1, 0.15) is 0 Å². The lowest BCUT2D eigenvalue weighted by Crippen LogP contribution is -2.38. The van der Waals surface area contributed by atoms with Crippen molar-refractivity contribution in [2.75, 3.05) is 33.3 Å². The number of likely N-dealkylation sites (N-methyl/N-ethyl adjacent to an activating group) is 1. The molecule has 4 rings (SSSR count). The Morgan fingerprint density at radius 3 is 2.81 bits per heavy atom. The molecule has 9 heteroatoms. The highest BCUT2D eigenvalue weighted by Crippen LogP contribution is 2.27. The van der Waals surface area contributed by atoms with Crippen molar-refractivity contribution in [3.05, 3.63) is 46.7 Å². The minimum atomic E-state index is -0.0106. The molecular weight excluding hydrogens is 424 g/mol. The third-order valence-electron chi connectivity index (χ3n) is 6.06. The topological polar surface area (TPSA) is 76.4 Å². The first-order valence-corrected chi connectivity index (χ1v) is 11.9. The average molecular weight is 455 g/mol. The predicted molar refractivity (Wildman–Crippen MR) is 125 cm³/mol. The van der Waals surface area contributed by atoms with Crippen LogP contribution in [0.2, 0.25) is 0 Å². The second kappa shape index (κ2) is 9.89. The first kappa shape index (κ1) is 22.6. The molecular formula is C23H30N6O2S. The lowest BCUT2D eigenvalue weighted by molar-refractivity contribution is 0.0772. The number of ether oxygens (including phenoxy) is 1. The molecule has 1 saturated heterocycles. The Morgan fingerprint density at radius 2 is 2.12 bits per heavy atom. The van der Waals surface area contributed by atoms with Gasteiger partial charge in [-0.3, -0.25) is 9.69 Å². The number of likely N-dealkylation sites (tertiary alicyclic amines) is 1. The molecule has 3 aromatic heterocycles. The van der Waals surface area contributed by atoms with Crippen LogP contribution >= 0.6 is 11.3 Å². The SMILES string of the molecule is CCN(CC)C1CCN(C(=O)c2cnn(-c3ncc(C)c(-c4cccs4)n3)c2COC)C1. The maximum atomic E-state index is 13.4. The minimum absolute atomic E-state index is 0.0106.